The second kappa shape index (κ2) is 8.18. The summed E-state index contributed by atoms with van der Waals surface area (Å²) in [5, 5.41) is 0. The van der Waals surface area contributed by atoms with Gasteiger partial charge in [0, 0.05) is 5.69 Å². The second-order valence-corrected chi connectivity index (χ2v) is 7.46. The molecule has 0 bridgehead atoms. The monoisotopic (exact) mass is 404 g/mol. The first-order chi connectivity index (χ1) is 13.8. The highest BCUT2D eigenvalue weighted by molar-refractivity contribution is 6.07. The topological polar surface area (TPSA) is 123 Å². The number of methoxy groups -OCH3 is 1. The molecule has 29 heavy (non-hydrogen) atoms. The SMILES string of the molecule is COC(=O)c1c(C)[nH]c(C(=O)COC(=O)CN2C(=O)C3CCCCC3C2=O)c1C. The second-order valence-electron chi connectivity index (χ2n) is 7.46. The van der Waals surface area contributed by atoms with E-state index < -0.39 is 30.9 Å². The predicted octanol–water partition coefficient (Wildman–Crippen LogP) is 1.32. The van der Waals surface area contributed by atoms with Gasteiger partial charge in [-0.25, -0.2) is 4.79 Å². The number of esters is 2. The van der Waals surface area contributed by atoms with Crippen LogP contribution in [0, 0.1) is 25.7 Å². The van der Waals surface area contributed by atoms with Crippen molar-refractivity contribution < 1.29 is 33.4 Å². The van der Waals surface area contributed by atoms with Crippen LogP contribution >= 0.6 is 0 Å². The van der Waals surface area contributed by atoms with Gasteiger partial charge in [-0.2, -0.15) is 0 Å². The molecule has 2 amide bonds. The van der Waals surface area contributed by atoms with Crippen LogP contribution in [0.4, 0.5) is 0 Å². The summed E-state index contributed by atoms with van der Waals surface area (Å²) in [7, 11) is 1.24. The summed E-state index contributed by atoms with van der Waals surface area (Å²) in [6.07, 6.45) is 3.12. The van der Waals surface area contributed by atoms with Crippen LogP contribution in [0.15, 0.2) is 0 Å². The first-order valence-electron chi connectivity index (χ1n) is 9.57. The third-order valence-corrected chi connectivity index (χ3v) is 5.69. The van der Waals surface area contributed by atoms with Crippen LogP contribution in [0.25, 0.3) is 0 Å². The molecule has 2 fully saturated rings. The van der Waals surface area contributed by atoms with Crippen molar-refractivity contribution in [3.05, 3.63) is 22.5 Å². The van der Waals surface area contributed by atoms with E-state index in [1.807, 2.05) is 0 Å². The summed E-state index contributed by atoms with van der Waals surface area (Å²) in [6, 6.07) is 0. The Hall–Kier alpha value is -2.97. The number of ether oxygens (including phenoxy) is 2. The Morgan fingerprint density at radius 1 is 1.07 bits per heavy atom. The lowest BCUT2D eigenvalue weighted by molar-refractivity contribution is -0.152. The Morgan fingerprint density at radius 2 is 1.66 bits per heavy atom. The minimum absolute atomic E-state index is 0.148. The molecule has 3 rings (SSSR count). The number of hydrogen-bond donors (Lipinski definition) is 1. The molecule has 2 atom stereocenters. The fraction of sp³-hybridized carbons (Fsp3) is 0.550. The maximum atomic E-state index is 12.4. The van der Waals surface area contributed by atoms with Gasteiger partial charge in [0.1, 0.15) is 6.54 Å². The van der Waals surface area contributed by atoms with E-state index in [-0.39, 0.29) is 34.9 Å². The number of Topliss-reactive ketones (excluding diaryl/α,β-unsaturated/α-hetero) is 1. The predicted molar refractivity (Wildman–Crippen MR) is 99.1 cm³/mol. The number of nitrogens with one attached hydrogen (secondary N) is 1. The Morgan fingerprint density at radius 3 is 2.21 bits per heavy atom. The molecule has 2 heterocycles. The molecule has 1 saturated heterocycles. The minimum atomic E-state index is -0.826. The fourth-order valence-electron chi connectivity index (χ4n) is 4.22. The molecule has 1 aromatic heterocycles. The number of aromatic amines is 1. The maximum absolute atomic E-state index is 12.4. The molecule has 1 N–H and O–H groups in total. The van der Waals surface area contributed by atoms with Crippen LogP contribution in [0.1, 0.15) is 57.8 Å². The van der Waals surface area contributed by atoms with Gasteiger partial charge in [-0.1, -0.05) is 12.8 Å². The van der Waals surface area contributed by atoms with Crippen molar-refractivity contribution >= 4 is 29.5 Å². The highest BCUT2D eigenvalue weighted by Gasteiger charge is 2.48. The Balaban J connectivity index is 1.60. The molecular formula is C20H24N2O7. The molecule has 1 aliphatic carbocycles. The van der Waals surface area contributed by atoms with Crippen molar-refractivity contribution in [1.82, 2.24) is 9.88 Å². The molecule has 0 radical (unpaired) electrons. The summed E-state index contributed by atoms with van der Waals surface area (Å²) in [6.45, 7) is 2.16. The number of rotatable bonds is 6. The largest absolute Gasteiger partial charge is 0.465 e. The number of H-pyrrole nitrogens is 1. The fourth-order valence-corrected chi connectivity index (χ4v) is 4.22. The number of aromatic nitrogens is 1. The van der Waals surface area contributed by atoms with Gasteiger partial charge in [-0.15, -0.1) is 0 Å². The highest BCUT2D eigenvalue weighted by atomic mass is 16.5. The summed E-state index contributed by atoms with van der Waals surface area (Å²) in [5.74, 6) is -3.27. The van der Waals surface area contributed by atoms with Gasteiger partial charge in [-0.3, -0.25) is 24.1 Å². The number of ketones is 1. The zero-order chi connectivity index (χ0) is 21.3. The number of nitrogens with zero attached hydrogens (tertiary/aromatic N) is 1. The molecule has 9 nitrogen and oxygen atoms in total. The summed E-state index contributed by atoms with van der Waals surface area (Å²) >= 11 is 0. The number of likely N-dealkylation sites (tertiary alicyclic amines) is 1. The molecule has 2 aliphatic rings. The highest BCUT2D eigenvalue weighted by Crippen LogP contribution is 2.37. The van der Waals surface area contributed by atoms with Crippen molar-refractivity contribution in [2.75, 3.05) is 20.3 Å². The number of fused-ring (bicyclic) bond motifs is 1. The molecule has 0 spiro atoms. The first-order valence-corrected chi connectivity index (χ1v) is 9.57. The lowest BCUT2D eigenvalue weighted by atomic mass is 9.81. The van der Waals surface area contributed by atoms with Gasteiger partial charge in [0.15, 0.2) is 6.61 Å². The van der Waals surface area contributed by atoms with Crippen molar-refractivity contribution in [2.24, 2.45) is 11.8 Å². The van der Waals surface area contributed by atoms with Gasteiger partial charge in [0.2, 0.25) is 17.6 Å². The van der Waals surface area contributed by atoms with E-state index in [2.05, 4.69) is 4.98 Å². The summed E-state index contributed by atoms with van der Waals surface area (Å²) in [4.78, 5) is 64.9. The van der Waals surface area contributed by atoms with E-state index in [0.717, 1.165) is 17.7 Å². The van der Waals surface area contributed by atoms with Crippen LogP contribution in [0.5, 0.6) is 0 Å². The Kier molecular flexibility index (Phi) is 5.86. The molecule has 1 saturated carbocycles. The lowest BCUT2D eigenvalue weighted by Gasteiger charge is -2.19. The number of carbonyl (C=O) groups is 5. The maximum Gasteiger partial charge on any atom is 0.339 e. The number of amides is 2. The first kappa shape index (κ1) is 20.8. The standard InChI is InChI=1S/C20H24N2O7/c1-10-16(20(27)28-3)11(2)21-17(10)14(23)9-29-15(24)8-22-18(25)12-6-4-5-7-13(12)19(22)26/h12-13,21H,4-9H2,1-3H3. The van der Waals surface area contributed by atoms with E-state index in [0.29, 0.717) is 24.1 Å². The average molecular weight is 404 g/mol. The van der Waals surface area contributed by atoms with Gasteiger partial charge < -0.3 is 14.5 Å². The normalized spacial score (nSPS) is 21.1. The van der Waals surface area contributed by atoms with Crippen molar-refractivity contribution in [2.45, 2.75) is 39.5 Å². The van der Waals surface area contributed by atoms with E-state index >= 15 is 0 Å². The molecule has 0 aromatic carbocycles. The zero-order valence-corrected chi connectivity index (χ0v) is 16.7. The van der Waals surface area contributed by atoms with Crippen LogP contribution in [0.2, 0.25) is 0 Å². The van der Waals surface area contributed by atoms with Crippen LogP contribution in [-0.2, 0) is 23.9 Å². The van der Waals surface area contributed by atoms with Crippen LogP contribution < -0.4 is 0 Å². The van der Waals surface area contributed by atoms with Crippen molar-refractivity contribution in [1.29, 1.82) is 0 Å². The molecule has 1 aliphatic heterocycles. The summed E-state index contributed by atoms with van der Waals surface area (Å²) < 4.78 is 9.69. The third kappa shape index (κ3) is 3.81. The molecule has 1 aromatic rings. The summed E-state index contributed by atoms with van der Waals surface area (Å²) in [5.41, 5.74) is 1.29. The Labute approximate surface area is 167 Å². The van der Waals surface area contributed by atoms with Gasteiger partial charge in [0.05, 0.1) is 30.2 Å². The molecule has 9 heteroatoms. The van der Waals surface area contributed by atoms with Crippen molar-refractivity contribution in [3.8, 4) is 0 Å². The lowest BCUT2D eigenvalue weighted by Crippen LogP contribution is -2.37. The number of imide groups is 1. The number of carbonyl (C=O) groups excluding carboxylic acids is 5. The average Bonchev–Trinajstić information content (AvgIpc) is 3.14. The van der Waals surface area contributed by atoms with Crippen LogP contribution in [-0.4, -0.2) is 59.7 Å². The Bertz CT molecular complexity index is 862. The number of hydrogen-bond acceptors (Lipinski definition) is 7. The number of aryl methyl sites for hydroxylation is 1. The van der Waals surface area contributed by atoms with Gasteiger partial charge in [-0.05, 0) is 32.3 Å². The smallest absolute Gasteiger partial charge is 0.339 e. The third-order valence-electron chi connectivity index (χ3n) is 5.69. The van der Waals surface area contributed by atoms with Gasteiger partial charge in [0.25, 0.3) is 0 Å². The molecule has 2 unspecified atom stereocenters. The molecule has 156 valence electrons. The van der Waals surface area contributed by atoms with Gasteiger partial charge >= 0.3 is 11.9 Å². The van der Waals surface area contributed by atoms with Crippen molar-refractivity contribution in [3.63, 3.8) is 0 Å². The van der Waals surface area contributed by atoms with E-state index in [4.69, 9.17) is 9.47 Å². The van der Waals surface area contributed by atoms with E-state index in [1.165, 1.54) is 7.11 Å². The zero-order valence-electron chi connectivity index (χ0n) is 16.7. The van der Waals surface area contributed by atoms with E-state index in [1.54, 1.807) is 13.8 Å². The molecular weight excluding hydrogens is 380 g/mol. The minimum Gasteiger partial charge on any atom is -0.465 e. The van der Waals surface area contributed by atoms with E-state index in [9.17, 15) is 24.0 Å². The quantitative estimate of drug-likeness (QED) is 0.431. The van der Waals surface area contributed by atoms with Crippen LogP contribution in [0.3, 0.4) is 0 Å².